The molecule has 0 amide bonds. The topological polar surface area (TPSA) is 85.0 Å². The number of fused-ring (bicyclic) bond motifs is 1. The smallest absolute Gasteiger partial charge is 0.273 e. The molecule has 4 aromatic rings. The highest BCUT2D eigenvalue weighted by Gasteiger charge is 2.15. The van der Waals surface area contributed by atoms with Crippen molar-refractivity contribution in [1.29, 1.82) is 0 Å². The summed E-state index contributed by atoms with van der Waals surface area (Å²) < 4.78 is 5.84. The molecule has 2 aromatic heterocycles. The molecular formula is C18H12ClN3O3. The maximum Gasteiger partial charge on any atom is 0.273 e. The number of aromatic amines is 1. The van der Waals surface area contributed by atoms with Crippen molar-refractivity contribution in [3.8, 4) is 22.9 Å². The normalized spacial score (nSPS) is 11.1. The zero-order valence-electron chi connectivity index (χ0n) is 13.1. The minimum atomic E-state index is -0.397. The molecule has 0 unspecified atom stereocenters. The van der Waals surface area contributed by atoms with Gasteiger partial charge in [0.1, 0.15) is 5.76 Å². The Kier molecular flexibility index (Phi) is 3.54. The second-order valence-electron chi connectivity index (χ2n) is 5.67. The summed E-state index contributed by atoms with van der Waals surface area (Å²) in [7, 11) is 0. The first kappa shape index (κ1) is 15.4. The third-order valence-electron chi connectivity index (χ3n) is 3.97. The Hall–Kier alpha value is -3.12. The molecule has 124 valence electrons. The molecule has 0 radical (unpaired) electrons. The van der Waals surface area contributed by atoms with E-state index in [1.54, 1.807) is 43.3 Å². The number of imidazole rings is 1. The molecule has 7 heteroatoms. The summed E-state index contributed by atoms with van der Waals surface area (Å²) in [6.07, 6.45) is 0. The molecule has 4 rings (SSSR count). The molecule has 0 saturated heterocycles. The lowest BCUT2D eigenvalue weighted by molar-refractivity contribution is -0.385. The van der Waals surface area contributed by atoms with Crippen LogP contribution in [0.4, 0.5) is 5.69 Å². The zero-order valence-corrected chi connectivity index (χ0v) is 13.9. The van der Waals surface area contributed by atoms with Crippen LogP contribution in [0.15, 0.2) is 52.9 Å². The van der Waals surface area contributed by atoms with E-state index in [2.05, 4.69) is 9.97 Å². The molecule has 2 aromatic carbocycles. The average Bonchev–Trinajstić information content (AvgIpc) is 3.21. The molecule has 2 heterocycles. The van der Waals surface area contributed by atoms with E-state index in [4.69, 9.17) is 16.0 Å². The number of rotatable bonds is 3. The van der Waals surface area contributed by atoms with Gasteiger partial charge in [-0.1, -0.05) is 23.7 Å². The predicted molar refractivity (Wildman–Crippen MR) is 95.6 cm³/mol. The third-order valence-corrected chi connectivity index (χ3v) is 4.21. The summed E-state index contributed by atoms with van der Waals surface area (Å²) in [6, 6.07) is 13.9. The van der Waals surface area contributed by atoms with E-state index < -0.39 is 4.92 Å². The van der Waals surface area contributed by atoms with Crippen LogP contribution in [-0.2, 0) is 0 Å². The Morgan fingerprint density at radius 2 is 1.92 bits per heavy atom. The van der Waals surface area contributed by atoms with E-state index in [0.29, 0.717) is 33.5 Å². The van der Waals surface area contributed by atoms with Crippen molar-refractivity contribution in [3.63, 3.8) is 0 Å². The number of benzene rings is 2. The van der Waals surface area contributed by atoms with Crippen molar-refractivity contribution in [1.82, 2.24) is 9.97 Å². The number of nitro groups is 1. The van der Waals surface area contributed by atoms with Crippen LogP contribution in [0.3, 0.4) is 0 Å². The second-order valence-corrected chi connectivity index (χ2v) is 6.11. The van der Waals surface area contributed by atoms with Crippen molar-refractivity contribution in [2.24, 2.45) is 0 Å². The summed E-state index contributed by atoms with van der Waals surface area (Å²) >= 11 is 5.98. The van der Waals surface area contributed by atoms with E-state index in [1.165, 1.54) is 6.07 Å². The number of aromatic nitrogens is 2. The molecule has 0 aliphatic rings. The molecule has 25 heavy (non-hydrogen) atoms. The number of nitrogens with zero attached hydrogens (tertiary/aromatic N) is 2. The van der Waals surface area contributed by atoms with Crippen LogP contribution in [0.25, 0.3) is 33.9 Å². The molecule has 0 aliphatic carbocycles. The van der Waals surface area contributed by atoms with Crippen molar-refractivity contribution in [2.45, 2.75) is 6.92 Å². The van der Waals surface area contributed by atoms with Crippen LogP contribution >= 0.6 is 11.6 Å². The van der Waals surface area contributed by atoms with Gasteiger partial charge >= 0.3 is 0 Å². The fourth-order valence-corrected chi connectivity index (χ4v) is 2.85. The van der Waals surface area contributed by atoms with Gasteiger partial charge < -0.3 is 9.40 Å². The van der Waals surface area contributed by atoms with E-state index in [0.717, 1.165) is 11.0 Å². The van der Waals surface area contributed by atoms with Gasteiger partial charge in [-0.2, -0.15) is 0 Å². The van der Waals surface area contributed by atoms with Gasteiger partial charge in [-0.25, -0.2) is 4.98 Å². The first-order chi connectivity index (χ1) is 12.0. The largest absolute Gasteiger partial charge is 0.453 e. The van der Waals surface area contributed by atoms with Gasteiger partial charge in [-0.15, -0.1) is 0 Å². The summed E-state index contributed by atoms with van der Waals surface area (Å²) in [5.74, 6) is 1.66. The quantitative estimate of drug-likeness (QED) is 0.397. The fraction of sp³-hybridized carbons (Fsp3) is 0.0556. The SMILES string of the molecule is Cc1ccc(-c2ccc(-c3nc4ccc(Cl)cc4[nH]3)o2)cc1[N+](=O)[O-]. The Balaban J connectivity index is 1.74. The van der Waals surface area contributed by atoms with Crippen molar-refractivity contribution in [2.75, 3.05) is 0 Å². The monoisotopic (exact) mass is 353 g/mol. The summed E-state index contributed by atoms with van der Waals surface area (Å²) in [4.78, 5) is 18.3. The van der Waals surface area contributed by atoms with Gasteiger partial charge in [0.05, 0.1) is 16.0 Å². The molecule has 6 nitrogen and oxygen atoms in total. The van der Waals surface area contributed by atoms with Gasteiger partial charge in [0.15, 0.2) is 11.6 Å². The molecule has 0 spiro atoms. The highest BCUT2D eigenvalue weighted by Crippen LogP contribution is 2.31. The molecule has 1 N–H and O–H groups in total. The van der Waals surface area contributed by atoms with E-state index in [-0.39, 0.29) is 5.69 Å². The summed E-state index contributed by atoms with van der Waals surface area (Å²) in [5.41, 5.74) is 2.90. The van der Waals surface area contributed by atoms with Gasteiger partial charge in [-0.3, -0.25) is 10.1 Å². The number of aryl methyl sites for hydroxylation is 1. The average molecular weight is 354 g/mol. The van der Waals surface area contributed by atoms with Crippen molar-refractivity contribution < 1.29 is 9.34 Å². The van der Waals surface area contributed by atoms with Gasteiger partial charge in [0.25, 0.3) is 5.69 Å². The van der Waals surface area contributed by atoms with Crippen molar-refractivity contribution in [3.05, 3.63) is 69.2 Å². The van der Waals surface area contributed by atoms with Gasteiger partial charge in [-0.05, 0) is 37.3 Å². The van der Waals surface area contributed by atoms with Crippen LogP contribution in [-0.4, -0.2) is 14.9 Å². The Bertz CT molecular complexity index is 1110. The Labute approximate surface area is 147 Å². The number of hydrogen-bond acceptors (Lipinski definition) is 4. The standard InChI is InChI=1S/C18H12ClN3O3/c1-10-2-3-11(8-15(10)22(23)24)16-6-7-17(25-16)18-20-13-5-4-12(19)9-14(13)21-18/h2-9H,1H3,(H,20,21). The lowest BCUT2D eigenvalue weighted by atomic mass is 10.1. The van der Waals surface area contributed by atoms with E-state index in [9.17, 15) is 10.1 Å². The maximum absolute atomic E-state index is 11.1. The lowest BCUT2D eigenvalue weighted by Crippen LogP contribution is -1.91. The molecule has 0 bridgehead atoms. The van der Waals surface area contributed by atoms with Gasteiger partial charge in [0, 0.05) is 22.2 Å². The predicted octanol–water partition coefficient (Wildman–Crippen LogP) is 5.36. The van der Waals surface area contributed by atoms with Crippen LogP contribution in [0.5, 0.6) is 0 Å². The summed E-state index contributed by atoms with van der Waals surface area (Å²) in [5, 5.41) is 11.7. The molecule has 0 fully saturated rings. The Morgan fingerprint density at radius 1 is 1.12 bits per heavy atom. The summed E-state index contributed by atoms with van der Waals surface area (Å²) in [6.45, 7) is 1.70. The zero-order chi connectivity index (χ0) is 17.6. The number of halogens is 1. The van der Waals surface area contributed by atoms with Gasteiger partial charge in [0.2, 0.25) is 0 Å². The number of nitrogens with one attached hydrogen (secondary N) is 1. The first-order valence-corrected chi connectivity index (χ1v) is 7.90. The second kappa shape index (κ2) is 5.75. The number of hydrogen-bond donors (Lipinski definition) is 1. The minimum Gasteiger partial charge on any atom is -0.453 e. The highest BCUT2D eigenvalue weighted by molar-refractivity contribution is 6.31. The molecule has 0 atom stereocenters. The molecule has 0 aliphatic heterocycles. The Morgan fingerprint density at radius 3 is 2.72 bits per heavy atom. The molecule has 0 saturated carbocycles. The first-order valence-electron chi connectivity index (χ1n) is 7.52. The van der Waals surface area contributed by atoms with Crippen molar-refractivity contribution >= 4 is 28.3 Å². The number of nitro benzene ring substituents is 1. The van der Waals surface area contributed by atoms with Crippen LogP contribution < -0.4 is 0 Å². The fourth-order valence-electron chi connectivity index (χ4n) is 2.68. The van der Waals surface area contributed by atoms with E-state index >= 15 is 0 Å². The number of H-pyrrole nitrogens is 1. The lowest BCUT2D eigenvalue weighted by Gasteiger charge is -2.00. The van der Waals surface area contributed by atoms with Crippen LogP contribution in [0.1, 0.15) is 5.56 Å². The third kappa shape index (κ3) is 2.77. The number of furan rings is 1. The highest BCUT2D eigenvalue weighted by atomic mass is 35.5. The maximum atomic E-state index is 11.1. The minimum absolute atomic E-state index is 0.0637. The van der Waals surface area contributed by atoms with Crippen LogP contribution in [0.2, 0.25) is 5.02 Å². The van der Waals surface area contributed by atoms with E-state index in [1.807, 2.05) is 6.07 Å². The molecular weight excluding hydrogens is 342 g/mol. The van der Waals surface area contributed by atoms with Crippen LogP contribution in [0, 0.1) is 17.0 Å².